The van der Waals surface area contributed by atoms with Crippen LogP contribution >= 0.6 is 0 Å². The molecule has 1 atom stereocenters. The van der Waals surface area contributed by atoms with E-state index >= 15 is 0 Å². The number of aryl methyl sites for hydroxylation is 1. The highest BCUT2D eigenvalue weighted by atomic mass is 16.5. The van der Waals surface area contributed by atoms with Crippen LogP contribution in [0.5, 0.6) is 5.75 Å². The monoisotopic (exact) mass is 308 g/mol. The summed E-state index contributed by atoms with van der Waals surface area (Å²) in [4.78, 5) is 12.7. The Bertz CT molecular complexity index is 705. The third-order valence-electron chi connectivity index (χ3n) is 3.42. The fourth-order valence-electron chi connectivity index (χ4n) is 2.29. The maximum Gasteiger partial charge on any atom is 0.246 e. The summed E-state index contributed by atoms with van der Waals surface area (Å²) in [6.07, 6.45) is 5.31. The Balaban J connectivity index is 2.25. The molecule has 0 aromatic heterocycles. The number of benzene rings is 2. The Morgan fingerprint density at radius 3 is 2.65 bits per heavy atom. The number of hydrogen-bond acceptors (Lipinski definition) is 3. The van der Waals surface area contributed by atoms with Crippen LogP contribution in [0.3, 0.4) is 0 Å². The Hall–Kier alpha value is -2.77. The highest BCUT2D eigenvalue weighted by Gasteiger charge is 2.20. The summed E-state index contributed by atoms with van der Waals surface area (Å²) < 4.78 is 5.30. The van der Waals surface area contributed by atoms with E-state index in [1.54, 1.807) is 7.11 Å². The second-order valence-corrected chi connectivity index (χ2v) is 5.12. The molecular weight excluding hydrogens is 288 g/mol. The molecule has 0 aliphatic carbocycles. The van der Waals surface area contributed by atoms with Crippen molar-refractivity contribution in [3.63, 3.8) is 0 Å². The van der Waals surface area contributed by atoms with Gasteiger partial charge in [-0.1, -0.05) is 42.3 Å². The molecule has 2 aromatic rings. The maximum atomic E-state index is 12.7. The third kappa shape index (κ3) is 4.35. The molecule has 0 saturated heterocycles. The highest BCUT2D eigenvalue weighted by molar-refractivity contribution is 5.96. The first-order valence-electron chi connectivity index (χ1n) is 7.33. The van der Waals surface area contributed by atoms with Gasteiger partial charge in [-0.25, -0.2) is 0 Å². The Labute approximate surface area is 136 Å². The fourth-order valence-corrected chi connectivity index (χ4v) is 2.29. The van der Waals surface area contributed by atoms with Crippen LogP contribution in [0.1, 0.15) is 17.2 Å². The number of hydrogen-bond donors (Lipinski definition) is 2. The number of ether oxygens (including phenoxy) is 1. The minimum absolute atomic E-state index is 0.185. The lowest BCUT2D eigenvalue weighted by Crippen LogP contribution is -2.33. The van der Waals surface area contributed by atoms with Crippen LogP contribution in [0.2, 0.25) is 0 Å². The molecule has 118 valence electrons. The van der Waals surface area contributed by atoms with Crippen LogP contribution < -0.4 is 15.4 Å². The quantitative estimate of drug-likeness (QED) is 0.807. The first-order valence-corrected chi connectivity index (χ1v) is 7.33. The summed E-state index contributed by atoms with van der Waals surface area (Å²) in [5, 5.41) is 5.98. The van der Waals surface area contributed by atoms with Gasteiger partial charge in [-0.2, -0.15) is 0 Å². The van der Waals surface area contributed by atoms with Crippen LogP contribution in [-0.4, -0.2) is 19.6 Å². The molecule has 0 saturated carbocycles. The number of nitrogens with one attached hydrogen (secondary N) is 2. The molecule has 0 spiro atoms. The molecule has 0 heterocycles. The van der Waals surface area contributed by atoms with E-state index in [9.17, 15) is 4.79 Å². The van der Waals surface area contributed by atoms with Crippen LogP contribution in [0.4, 0.5) is 5.69 Å². The van der Waals surface area contributed by atoms with E-state index in [4.69, 9.17) is 11.2 Å². The predicted octanol–water partition coefficient (Wildman–Crippen LogP) is 2.91. The number of terminal acetylenes is 1. The molecule has 0 aliphatic heterocycles. The average molecular weight is 308 g/mol. The molecule has 2 aromatic carbocycles. The maximum absolute atomic E-state index is 12.7. The molecule has 23 heavy (non-hydrogen) atoms. The van der Waals surface area contributed by atoms with Crippen molar-refractivity contribution < 1.29 is 9.53 Å². The largest absolute Gasteiger partial charge is 0.495 e. The van der Waals surface area contributed by atoms with Crippen molar-refractivity contribution in [1.29, 1.82) is 0 Å². The summed E-state index contributed by atoms with van der Waals surface area (Å²) in [6, 6.07) is 14.6. The van der Waals surface area contributed by atoms with Gasteiger partial charge in [0.1, 0.15) is 11.8 Å². The Kier molecular flexibility index (Phi) is 5.79. The summed E-state index contributed by atoms with van der Waals surface area (Å²) in [7, 11) is 1.57. The van der Waals surface area contributed by atoms with Gasteiger partial charge in [0.25, 0.3) is 0 Å². The fraction of sp³-hybridized carbons (Fsp3) is 0.211. The second-order valence-electron chi connectivity index (χ2n) is 5.12. The molecule has 0 bridgehead atoms. The van der Waals surface area contributed by atoms with Crippen LogP contribution in [0.25, 0.3) is 0 Å². The van der Waals surface area contributed by atoms with Crippen LogP contribution in [-0.2, 0) is 4.79 Å². The van der Waals surface area contributed by atoms with E-state index in [1.807, 2.05) is 55.5 Å². The van der Waals surface area contributed by atoms with E-state index in [0.29, 0.717) is 18.0 Å². The number of anilines is 1. The summed E-state index contributed by atoms with van der Waals surface area (Å²) in [6.45, 7) is 2.26. The van der Waals surface area contributed by atoms with Gasteiger partial charge in [0.15, 0.2) is 0 Å². The smallest absolute Gasteiger partial charge is 0.246 e. The van der Waals surface area contributed by atoms with Crippen LogP contribution in [0.15, 0.2) is 48.5 Å². The highest BCUT2D eigenvalue weighted by Crippen LogP contribution is 2.26. The van der Waals surface area contributed by atoms with Gasteiger partial charge in [0.2, 0.25) is 5.91 Å². The molecule has 0 aliphatic rings. The summed E-state index contributed by atoms with van der Waals surface area (Å²) in [5.41, 5.74) is 2.53. The van der Waals surface area contributed by atoms with Crippen molar-refractivity contribution in [2.45, 2.75) is 13.0 Å². The van der Waals surface area contributed by atoms with Crippen molar-refractivity contribution in [3.05, 3.63) is 59.7 Å². The van der Waals surface area contributed by atoms with E-state index in [1.165, 1.54) is 0 Å². The number of methoxy groups -OCH3 is 1. The van der Waals surface area contributed by atoms with Gasteiger partial charge in [-0.05, 0) is 30.2 Å². The molecule has 2 rings (SSSR count). The van der Waals surface area contributed by atoms with Gasteiger partial charge in [-0.15, -0.1) is 6.42 Å². The zero-order chi connectivity index (χ0) is 16.7. The summed E-state index contributed by atoms with van der Waals surface area (Å²) >= 11 is 0. The Morgan fingerprint density at radius 2 is 2.00 bits per heavy atom. The number of amides is 1. The topological polar surface area (TPSA) is 50.4 Å². The van der Waals surface area contributed by atoms with E-state index < -0.39 is 6.04 Å². The standard InChI is InChI=1S/C19H20N2O2/c1-4-12-20-18(15-8-6-5-7-9-15)19(22)21-16-13-14(2)10-11-17(16)23-3/h1,5-11,13,18,20H,12H2,2-3H3,(H,21,22)/t18-/m1/s1. The minimum atomic E-state index is -0.530. The van der Waals surface area contributed by atoms with Crippen molar-refractivity contribution >= 4 is 11.6 Å². The molecule has 2 N–H and O–H groups in total. The van der Waals surface area contributed by atoms with Crippen molar-refractivity contribution in [1.82, 2.24) is 5.32 Å². The zero-order valence-electron chi connectivity index (χ0n) is 13.3. The van der Waals surface area contributed by atoms with E-state index in [0.717, 1.165) is 11.1 Å². The van der Waals surface area contributed by atoms with Gasteiger partial charge < -0.3 is 10.1 Å². The SMILES string of the molecule is C#CCN[C@@H](C(=O)Nc1cc(C)ccc1OC)c1ccccc1. The molecule has 4 heteroatoms. The third-order valence-corrected chi connectivity index (χ3v) is 3.42. The van der Waals surface area contributed by atoms with E-state index in [-0.39, 0.29) is 5.91 Å². The first-order chi connectivity index (χ1) is 11.2. The first kappa shape index (κ1) is 16.6. The van der Waals surface area contributed by atoms with Crippen molar-refractivity contribution in [3.8, 4) is 18.1 Å². The normalized spacial score (nSPS) is 11.3. The van der Waals surface area contributed by atoms with Crippen molar-refractivity contribution in [2.24, 2.45) is 0 Å². The minimum Gasteiger partial charge on any atom is -0.495 e. The van der Waals surface area contributed by atoms with Crippen LogP contribution in [0, 0.1) is 19.3 Å². The molecular formula is C19H20N2O2. The Morgan fingerprint density at radius 1 is 1.26 bits per heavy atom. The van der Waals surface area contributed by atoms with Gasteiger partial charge in [0, 0.05) is 0 Å². The summed E-state index contributed by atoms with van der Waals surface area (Å²) in [5.74, 6) is 2.94. The molecule has 0 unspecified atom stereocenters. The lowest BCUT2D eigenvalue weighted by molar-refractivity contribution is -0.118. The average Bonchev–Trinajstić information content (AvgIpc) is 2.56. The lowest BCUT2D eigenvalue weighted by atomic mass is 10.1. The molecule has 0 fully saturated rings. The van der Waals surface area contributed by atoms with Gasteiger partial charge >= 0.3 is 0 Å². The van der Waals surface area contributed by atoms with Gasteiger partial charge in [0.05, 0.1) is 19.3 Å². The number of carbonyl (C=O) groups excluding carboxylic acids is 1. The number of carbonyl (C=O) groups is 1. The molecule has 1 amide bonds. The zero-order valence-corrected chi connectivity index (χ0v) is 13.3. The molecule has 0 radical (unpaired) electrons. The van der Waals surface area contributed by atoms with E-state index in [2.05, 4.69) is 16.6 Å². The van der Waals surface area contributed by atoms with Gasteiger partial charge in [-0.3, -0.25) is 10.1 Å². The number of rotatable bonds is 6. The predicted molar refractivity (Wildman–Crippen MR) is 92.4 cm³/mol. The second kappa shape index (κ2) is 8.02. The lowest BCUT2D eigenvalue weighted by Gasteiger charge is -2.19. The van der Waals surface area contributed by atoms with Crippen molar-refractivity contribution in [2.75, 3.05) is 19.0 Å². The molecule has 4 nitrogen and oxygen atoms in total.